The minimum Gasteiger partial charge on any atom is -0.482 e. The van der Waals surface area contributed by atoms with E-state index in [0.717, 1.165) is 23.6 Å². The van der Waals surface area contributed by atoms with Gasteiger partial charge in [-0.1, -0.05) is 61.3 Å². The Morgan fingerprint density at radius 2 is 1.83 bits per heavy atom. The van der Waals surface area contributed by atoms with Crippen molar-refractivity contribution < 1.29 is 17.9 Å². The van der Waals surface area contributed by atoms with E-state index in [1.807, 2.05) is 49.4 Å². The van der Waals surface area contributed by atoms with Gasteiger partial charge in [0.1, 0.15) is 5.75 Å². The van der Waals surface area contributed by atoms with Crippen molar-refractivity contribution in [2.45, 2.75) is 24.7 Å². The third-order valence-corrected chi connectivity index (χ3v) is 6.21. The average Bonchev–Trinajstić information content (AvgIpc) is 2.73. The minimum absolute atomic E-state index is 0.0520. The Kier molecular flexibility index (Phi) is 7.31. The maximum Gasteiger partial charge on any atom is 0.262 e. The summed E-state index contributed by atoms with van der Waals surface area (Å²) in [7, 11) is -3.63. The highest BCUT2D eigenvalue weighted by atomic mass is 35.5. The standard InChI is InChI=1S/C22H23ClN2O4S/c1-2-3-13-24-30(27,28)17-11-12-21(19(23)14-17)29-15-22(26)25-20-10-6-8-16-7-4-5-9-18(16)20/h4-12,14,24H,2-3,13,15H2,1H3,(H,25,26). The number of hydrogen-bond acceptors (Lipinski definition) is 4. The number of amides is 1. The summed E-state index contributed by atoms with van der Waals surface area (Å²) >= 11 is 6.17. The number of unbranched alkanes of at least 4 members (excludes halogenated alkanes) is 1. The Labute approximate surface area is 181 Å². The molecule has 0 atom stereocenters. The molecular formula is C22H23ClN2O4S. The summed E-state index contributed by atoms with van der Waals surface area (Å²) in [4.78, 5) is 12.4. The van der Waals surface area contributed by atoms with Crippen molar-refractivity contribution in [3.05, 3.63) is 65.7 Å². The Balaban J connectivity index is 1.63. The van der Waals surface area contributed by atoms with Crippen LogP contribution in [0.3, 0.4) is 0 Å². The van der Waals surface area contributed by atoms with Crippen LogP contribution in [0.25, 0.3) is 10.8 Å². The molecule has 0 saturated heterocycles. The van der Waals surface area contributed by atoms with Crippen LogP contribution in [0.15, 0.2) is 65.6 Å². The second-order valence-electron chi connectivity index (χ2n) is 6.71. The van der Waals surface area contributed by atoms with Gasteiger partial charge >= 0.3 is 0 Å². The van der Waals surface area contributed by atoms with Crippen molar-refractivity contribution in [1.29, 1.82) is 0 Å². The summed E-state index contributed by atoms with van der Waals surface area (Å²) in [5.41, 5.74) is 0.687. The van der Waals surface area contributed by atoms with Gasteiger partial charge in [0, 0.05) is 17.6 Å². The lowest BCUT2D eigenvalue weighted by molar-refractivity contribution is -0.118. The second-order valence-corrected chi connectivity index (χ2v) is 8.88. The predicted octanol–water partition coefficient (Wildman–Crippen LogP) is 4.59. The van der Waals surface area contributed by atoms with Gasteiger partial charge < -0.3 is 10.1 Å². The number of rotatable bonds is 9. The topological polar surface area (TPSA) is 84.5 Å². The molecular weight excluding hydrogens is 424 g/mol. The molecule has 3 aromatic rings. The molecule has 0 aliphatic rings. The first-order valence-electron chi connectivity index (χ1n) is 9.60. The highest BCUT2D eigenvalue weighted by molar-refractivity contribution is 7.89. The molecule has 0 saturated carbocycles. The van der Waals surface area contributed by atoms with Crippen LogP contribution < -0.4 is 14.8 Å². The first-order valence-corrected chi connectivity index (χ1v) is 11.5. The van der Waals surface area contributed by atoms with E-state index in [9.17, 15) is 13.2 Å². The third-order valence-electron chi connectivity index (χ3n) is 4.46. The zero-order valence-electron chi connectivity index (χ0n) is 16.5. The number of carbonyl (C=O) groups is 1. The van der Waals surface area contributed by atoms with E-state index in [4.69, 9.17) is 16.3 Å². The second kappa shape index (κ2) is 9.93. The number of fused-ring (bicyclic) bond motifs is 1. The first kappa shape index (κ1) is 22.1. The molecule has 0 spiro atoms. The summed E-state index contributed by atoms with van der Waals surface area (Å²) < 4.78 is 32.6. The molecule has 0 aliphatic heterocycles. The van der Waals surface area contributed by atoms with Crippen LogP contribution >= 0.6 is 11.6 Å². The molecule has 1 amide bonds. The maximum atomic E-state index is 12.3. The summed E-state index contributed by atoms with van der Waals surface area (Å²) in [6.07, 6.45) is 1.64. The van der Waals surface area contributed by atoms with Crippen molar-refractivity contribution in [2.24, 2.45) is 0 Å². The SMILES string of the molecule is CCCCNS(=O)(=O)c1ccc(OCC(=O)Nc2cccc3ccccc23)c(Cl)c1. The van der Waals surface area contributed by atoms with Crippen molar-refractivity contribution in [2.75, 3.05) is 18.5 Å². The number of anilines is 1. The Morgan fingerprint density at radius 3 is 2.60 bits per heavy atom. The van der Waals surface area contributed by atoms with E-state index >= 15 is 0 Å². The van der Waals surface area contributed by atoms with Gasteiger partial charge in [0.25, 0.3) is 5.91 Å². The number of ether oxygens (including phenoxy) is 1. The predicted molar refractivity (Wildman–Crippen MR) is 120 cm³/mol. The van der Waals surface area contributed by atoms with Gasteiger partial charge in [-0.3, -0.25) is 4.79 Å². The lowest BCUT2D eigenvalue weighted by Gasteiger charge is -2.12. The number of hydrogen-bond donors (Lipinski definition) is 2. The van der Waals surface area contributed by atoms with E-state index in [1.165, 1.54) is 18.2 Å². The molecule has 0 fully saturated rings. The number of carbonyl (C=O) groups excluding carboxylic acids is 1. The first-order chi connectivity index (χ1) is 14.4. The van der Waals surface area contributed by atoms with Gasteiger partial charge in [0.2, 0.25) is 10.0 Å². The largest absolute Gasteiger partial charge is 0.482 e. The Morgan fingerprint density at radius 1 is 1.07 bits per heavy atom. The van der Waals surface area contributed by atoms with Gasteiger partial charge in [-0.05, 0) is 36.1 Å². The third kappa shape index (κ3) is 5.50. The van der Waals surface area contributed by atoms with Gasteiger partial charge in [-0.2, -0.15) is 0 Å². The van der Waals surface area contributed by atoms with Crippen LogP contribution in [0.1, 0.15) is 19.8 Å². The normalized spacial score (nSPS) is 11.4. The monoisotopic (exact) mass is 446 g/mol. The van der Waals surface area contributed by atoms with Crippen molar-refractivity contribution in [3.63, 3.8) is 0 Å². The van der Waals surface area contributed by atoms with Gasteiger partial charge in [-0.25, -0.2) is 13.1 Å². The number of benzene rings is 3. The van der Waals surface area contributed by atoms with Gasteiger partial charge in [0.05, 0.1) is 9.92 Å². The van der Waals surface area contributed by atoms with E-state index in [1.54, 1.807) is 0 Å². The summed E-state index contributed by atoms with van der Waals surface area (Å²) in [6, 6.07) is 17.5. The smallest absolute Gasteiger partial charge is 0.262 e. The Hall–Kier alpha value is -2.61. The molecule has 0 radical (unpaired) electrons. The molecule has 0 bridgehead atoms. The summed E-state index contributed by atoms with van der Waals surface area (Å²) in [6.45, 7) is 2.08. The van der Waals surface area contributed by atoms with Crippen LogP contribution in [0.4, 0.5) is 5.69 Å². The van der Waals surface area contributed by atoms with Gasteiger partial charge in [0.15, 0.2) is 6.61 Å². The molecule has 158 valence electrons. The lowest BCUT2D eigenvalue weighted by atomic mass is 10.1. The molecule has 0 aliphatic carbocycles. The average molecular weight is 447 g/mol. The highest BCUT2D eigenvalue weighted by Crippen LogP contribution is 2.28. The van der Waals surface area contributed by atoms with E-state index < -0.39 is 10.0 Å². The summed E-state index contributed by atoms with van der Waals surface area (Å²) in [5, 5.41) is 4.89. The highest BCUT2D eigenvalue weighted by Gasteiger charge is 2.16. The molecule has 0 heterocycles. The molecule has 2 N–H and O–H groups in total. The van der Waals surface area contributed by atoms with Gasteiger partial charge in [-0.15, -0.1) is 0 Å². The van der Waals surface area contributed by atoms with Crippen molar-refractivity contribution in [3.8, 4) is 5.75 Å². The number of sulfonamides is 1. The van der Waals surface area contributed by atoms with E-state index in [-0.39, 0.29) is 28.2 Å². The van der Waals surface area contributed by atoms with Crippen LogP contribution in [0, 0.1) is 0 Å². The van der Waals surface area contributed by atoms with Crippen LogP contribution in [-0.2, 0) is 14.8 Å². The molecule has 3 rings (SSSR count). The maximum absolute atomic E-state index is 12.3. The molecule has 3 aromatic carbocycles. The van der Waals surface area contributed by atoms with E-state index in [0.29, 0.717) is 12.2 Å². The number of nitrogens with one attached hydrogen (secondary N) is 2. The lowest BCUT2D eigenvalue weighted by Crippen LogP contribution is -2.24. The summed E-state index contributed by atoms with van der Waals surface area (Å²) in [5.74, 6) is -0.113. The quantitative estimate of drug-likeness (QED) is 0.471. The number of halogens is 1. The molecule has 8 heteroatoms. The molecule has 0 unspecified atom stereocenters. The van der Waals surface area contributed by atoms with Crippen LogP contribution in [-0.4, -0.2) is 27.5 Å². The fraction of sp³-hybridized carbons (Fsp3) is 0.227. The molecule has 30 heavy (non-hydrogen) atoms. The van der Waals surface area contributed by atoms with Crippen LogP contribution in [0.2, 0.25) is 5.02 Å². The fourth-order valence-corrected chi connectivity index (χ4v) is 4.30. The van der Waals surface area contributed by atoms with Crippen LogP contribution in [0.5, 0.6) is 5.75 Å². The van der Waals surface area contributed by atoms with Crippen molar-refractivity contribution >= 4 is 44.0 Å². The molecule has 6 nitrogen and oxygen atoms in total. The van der Waals surface area contributed by atoms with E-state index in [2.05, 4.69) is 10.0 Å². The molecule has 0 aromatic heterocycles. The van der Waals surface area contributed by atoms with Crippen molar-refractivity contribution in [1.82, 2.24) is 4.72 Å². The zero-order chi connectivity index (χ0) is 21.6. The Bertz CT molecular complexity index is 1140. The zero-order valence-corrected chi connectivity index (χ0v) is 18.1. The minimum atomic E-state index is -3.63. The fourth-order valence-electron chi connectivity index (χ4n) is 2.90.